The molecule has 0 aliphatic heterocycles. The predicted molar refractivity (Wildman–Crippen MR) is 26.1 cm³/mol. The van der Waals surface area contributed by atoms with Gasteiger partial charge in [0.05, 0.1) is 0 Å². The molecule has 0 aromatic heterocycles. The maximum atomic E-state index is 7.33. The van der Waals surface area contributed by atoms with Crippen LogP contribution < -0.4 is 0 Å². The van der Waals surface area contributed by atoms with Crippen LogP contribution in [0.2, 0.25) is 0 Å². The third kappa shape index (κ3) is 93.9. The van der Waals surface area contributed by atoms with Crippen molar-refractivity contribution in [3.8, 4) is 0 Å². The molecule has 0 rings (SSSR count). The molecular formula is H4Mg2O4Si. The first-order chi connectivity index (χ1) is 2.00. The van der Waals surface area contributed by atoms with Crippen LogP contribution in [0.15, 0.2) is 0 Å². The highest BCUT2D eigenvalue weighted by molar-refractivity contribution is 6.46. The Morgan fingerprint density at radius 1 is 0.714 bits per heavy atom. The standard InChI is InChI=1S/2Mg.H4O4Si/c;;1-5(2,3)4/h;;1-4H. The van der Waals surface area contributed by atoms with Gasteiger partial charge in [-0.25, -0.2) is 0 Å². The molecular weight excluding hydrogens is 141 g/mol. The Labute approximate surface area is 74.0 Å². The monoisotopic (exact) mass is 144 g/mol. The lowest BCUT2D eigenvalue weighted by Gasteiger charge is -1.91. The van der Waals surface area contributed by atoms with Crippen LogP contribution in [0.3, 0.4) is 0 Å². The van der Waals surface area contributed by atoms with Gasteiger partial charge in [0.15, 0.2) is 0 Å². The van der Waals surface area contributed by atoms with Crippen LogP contribution in [0.5, 0.6) is 0 Å². The topological polar surface area (TPSA) is 80.9 Å². The maximum absolute atomic E-state index is 7.33. The fraction of sp³-hybridized carbons (Fsp3) is 0. The van der Waals surface area contributed by atoms with Gasteiger partial charge in [0.25, 0.3) is 0 Å². The normalized spacial score (nSPS) is 8.57. The molecule has 0 saturated carbocycles. The summed E-state index contributed by atoms with van der Waals surface area (Å²) in [6, 6.07) is 0. The fourth-order valence-corrected chi connectivity index (χ4v) is 0. The van der Waals surface area contributed by atoms with Crippen molar-refractivity contribution in [2.75, 3.05) is 0 Å². The van der Waals surface area contributed by atoms with Gasteiger partial charge in [0.2, 0.25) is 0 Å². The Bertz CT molecular complexity index is 25.2. The van der Waals surface area contributed by atoms with Crippen LogP contribution >= 0.6 is 0 Å². The van der Waals surface area contributed by atoms with Crippen molar-refractivity contribution in [3.05, 3.63) is 0 Å². The number of hydrogen-bond donors (Lipinski definition) is 4. The van der Waals surface area contributed by atoms with E-state index in [4.69, 9.17) is 19.2 Å². The molecule has 7 heavy (non-hydrogen) atoms. The first kappa shape index (κ1) is 15.8. The van der Waals surface area contributed by atoms with Gasteiger partial charge in [-0.15, -0.1) is 0 Å². The zero-order valence-corrected chi connectivity index (χ0v) is 7.53. The molecule has 0 spiro atoms. The van der Waals surface area contributed by atoms with Crippen molar-refractivity contribution in [1.82, 2.24) is 0 Å². The molecule has 0 heterocycles. The Balaban J connectivity index is -0.0000000800. The van der Waals surface area contributed by atoms with Gasteiger partial charge in [-0.3, -0.25) is 0 Å². The molecule has 4 radical (unpaired) electrons. The van der Waals surface area contributed by atoms with E-state index < -0.39 is 9.05 Å². The molecule has 4 N–H and O–H groups in total. The smallest absolute Gasteiger partial charge is 0.368 e. The summed E-state index contributed by atoms with van der Waals surface area (Å²) < 4.78 is 0. The molecule has 0 atom stereocenters. The van der Waals surface area contributed by atoms with E-state index in [1.54, 1.807) is 0 Å². The SMILES string of the molecule is O[Si](O)(O)O.[Mg].[Mg]. The first-order valence-corrected chi connectivity index (χ1v) is 2.68. The second-order valence-electron chi connectivity index (χ2n) is 0.600. The van der Waals surface area contributed by atoms with E-state index in [0.717, 1.165) is 0 Å². The van der Waals surface area contributed by atoms with E-state index in [-0.39, 0.29) is 46.1 Å². The van der Waals surface area contributed by atoms with Crippen molar-refractivity contribution in [1.29, 1.82) is 0 Å². The minimum absolute atomic E-state index is 0. The van der Waals surface area contributed by atoms with E-state index >= 15 is 0 Å². The maximum Gasteiger partial charge on any atom is 0.668 e. The molecule has 0 aromatic rings. The molecule has 0 unspecified atom stereocenters. The van der Waals surface area contributed by atoms with E-state index in [1.165, 1.54) is 0 Å². The average Bonchev–Trinajstić information content (AvgIpc) is 0.722. The molecule has 36 valence electrons. The van der Waals surface area contributed by atoms with Crippen LogP contribution in [0.1, 0.15) is 0 Å². The Morgan fingerprint density at radius 3 is 0.714 bits per heavy atom. The summed E-state index contributed by atoms with van der Waals surface area (Å²) in [6.45, 7) is 0. The van der Waals surface area contributed by atoms with Crippen molar-refractivity contribution >= 4 is 55.2 Å². The first-order valence-electron chi connectivity index (χ1n) is 0.894. The number of hydrogen-bond acceptors (Lipinski definition) is 4. The average molecular weight is 145 g/mol. The summed E-state index contributed by atoms with van der Waals surface area (Å²) in [5.41, 5.74) is 0. The molecule has 7 heteroatoms. The third-order valence-corrected chi connectivity index (χ3v) is 0. The van der Waals surface area contributed by atoms with Crippen molar-refractivity contribution in [2.45, 2.75) is 0 Å². The zero-order chi connectivity index (χ0) is 4.50. The summed E-state index contributed by atoms with van der Waals surface area (Å²) in [5, 5.41) is 0. The van der Waals surface area contributed by atoms with E-state index in [1.807, 2.05) is 0 Å². The van der Waals surface area contributed by atoms with Crippen LogP contribution in [0.4, 0.5) is 0 Å². The Morgan fingerprint density at radius 2 is 0.714 bits per heavy atom. The second-order valence-corrected chi connectivity index (χ2v) is 1.80. The van der Waals surface area contributed by atoms with Crippen LogP contribution in [0, 0.1) is 0 Å². The highest BCUT2D eigenvalue weighted by Gasteiger charge is 2.22. The summed E-state index contributed by atoms with van der Waals surface area (Å²) in [5.74, 6) is 0. The number of rotatable bonds is 0. The van der Waals surface area contributed by atoms with E-state index in [2.05, 4.69) is 0 Å². The van der Waals surface area contributed by atoms with Crippen LogP contribution in [0.25, 0.3) is 0 Å². The van der Waals surface area contributed by atoms with Crippen molar-refractivity contribution in [3.63, 3.8) is 0 Å². The molecule has 0 saturated heterocycles. The predicted octanol–water partition coefficient (Wildman–Crippen LogP) is -3.37. The quantitative estimate of drug-likeness (QED) is 0.268. The molecule has 0 aromatic carbocycles. The largest absolute Gasteiger partial charge is 0.668 e. The summed E-state index contributed by atoms with van der Waals surface area (Å²) >= 11 is 0. The molecule has 0 amide bonds. The van der Waals surface area contributed by atoms with Gasteiger partial charge >= 0.3 is 9.05 Å². The Kier molecular flexibility index (Phi) is 12.9. The van der Waals surface area contributed by atoms with Gasteiger partial charge in [0, 0.05) is 46.1 Å². The Hall–Kier alpha value is 1.59. The van der Waals surface area contributed by atoms with Gasteiger partial charge in [-0.05, 0) is 0 Å². The summed E-state index contributed by atoms with van der Waals surface area (Å²) in [7, 11) is -4.61. The second kappa shape index (κ2) is 5.72. The highest BCUT2D eigenvalue weighted by Crippen LogP contribution is 1.67. The minimum atomic E-state index is -4.61. The molecule has 0 aliphatic carbocycles. The minimum Gasteiger partial charge on any atom is -0.368 e. The van der Waals surface area contributed by atoms with Crippen LogP contribution in [-0.4, -0.2) is 74.3 Å². The highest BCUT2D eigenvalue weighted by atomic mass is 28.4. The molecule has 0 aliphatic rings. The lowest BCUT2D eigenvalue weighted by atomic mass is 15.7. The van der Waals surface area contributed by atoms with Gasteiger partial charge < -0.3 is 19.2 Å². The van der Waals surface area contributed by atoms with Gasteiger partial charge in [0.1, 0.15) is 0 Å². The fourth-order valence-electron chi connectivity index (χ4n) is 0. The lowest BCUT2D eigenvalue weighted by Crippen LogP contribution is -2.33. The van der Waals surface area contributed by atoms with E-state index in [9.17, 15) is 0 Å². The van der Waals surface area contributed by atoms with Crippen molar-refractivity contribution in [2.24, 2.45) is 0 Å². The summed E-state index contributed by atoms with van der Waals surface area (Å²) in [4.78, 5) is 29.3. The summed E-state index contributed by atoms with van der Waals surface area (Å²) in [6.07, 6.45) is 0. The van der Waals surface area contributed by atoms with Crippen molar-refractivity contribution < 1.29 is 19.2 Å². The van der Waals surface area contributed by atoms with E-state index in [0.29, 0.717) is 0 Å². The van der Waals surface area contributed by atoms with Crippen LogP contribution in [-0.2, 0) is 0 Å². The zero-order valence-electron chi connectivity index (χ0n) is 3.70. The van der Waals surface area contributed by atoms with Gasteiger partial charge in [-0.1, -0.05) is 0 Å². The molecule has 0 fully saturated rings. The third-order valence-electron chi connectivity index (χ3n) is 0. The van der Waals surface area contributed by atoms with Gasteiger partial charge in [-0.2, -0.15) is 0 Å². The molecule has 4 nitrogen and oxygen atoms in total. The lowest BCUT2D eigenvalue weighted by molar-refractivity contribution is 0.117. The molecule has 0 bridgehead atoms.